The van der Waals surface area contributed by atoms with Crippen LogP contribution in [0, 0.1) is 0 Å². The zero-order valence-corrected chi connectivity index (χ0v) is 18.7. The Hall–Kier alpha value is -3.35. The highest BCUT2D eigenvalue weighted by atomic mass is 31.2. The molecule has 0 aliphatic heterocycles. The SMILES string of the molecule is COC(OC)=C(c1ccccc1)[P+](c1ccccc1)(c1ccccc1)c1ccccc1. The van der Waals surface area contributed by atoms with Crippen molar-refractivity contribution in [2.24, 2.45) is 0 Å². The number of methoxy groups -OCH3 is 2. The van der Waals surface area contributed by atoms with E-state index in [0.29, 0.717) is 5.95 Å². The highest BCUT2D eigenvalue weighted by molar-refractivity contribution is 8.03. The van der Waals surface area contributed by atoms with E-state index >= 15 is 0 Å². The van der Waals surface area contributed by atoms with E-state index in [0.717, 1.165) is 10.9 Å². The molecule has 0 bridgehead atoms. The standard InChI is InChI=1S/C28H26O2P/c1-29-28(30-2)27(23-15-7-3-8-16-23)31(24-17-9-4-10-18-24,25-19-11-5-12-20-25)26-21-13-6-14-22-26/h3-22H,1-2H3/q+1. The molecule has 0 heterocycles. The third-order valence-corrected chi connectivity index (χ3v) is 9.71. The van der Waals surface area contributed by atoms with Crippen LogP contribution in [0.4, 0.5) is 0 Å². The Balaban J connectivity index is 2.22. The largest absolute Gasteiger partial charge is 0.466 e. The van der Waals surface area contributed by atoms with Crippen LogP contribution in [0.5, 0.6) is 0 Å². The molecule has 0 atom stereocenters. The van der Waals surface area contributed by atoms with Gasteiger partial charge in [-0.3, -0.25) is 0 Å². The summed E-state index contributed by atoms with van der Waals surface area (Å²) in [5.74, 6) is 0.538. The maximum atomic E-state index is 5.87. The predicted octanol–water partition coefficient (Wildman–Crippen LogP) is 5.60. The molecule has 3 heteroatoms. The van der Waals surface area contributed by atoms with E-state index < -0.39 is 7.26 Å². The lowest BCUT2D eigenvalue weighted by Crippen LogP contribution is -2.32. The third kappa shape index (κ3) is 3.87. The van der Waals surface area contributed by atoms with Crippen molar-refractivity contribution in [2.45, 2.75) is 0 Å². The second-order valence-electron chi connectivity index (χ2n) is 7.09. The number of hydrogen-bond donors (Lipinski definition) is 0. The molecule has 0 radical (unpaired) electrons. The van der Waals surface area contributed by atoms with Crippen LogP contribution >= 0.6 is 7.26 Å². The molecule has 0 spiro atoms. The van der Waals surface area contributed by atoms with Crippen LogP contribution < -0.4 is 15.9 Å². The van der Waals surface area contributed by atoms with Gasteiger partial charge in [0.25, 0.3) is 0 Å². The molecule has 0 aliphatic rings. The van der Waals surface area contributed by atoms with Crippen molar-refractivity contribution < 1.29 is 9.47 Å². The lowest BCUT2D eigenvalue weighted by atomic mass is 10.2. The fraction of sp³-hybridized carbons (Fsp3) is 0.0714. The van der Waals surface area contributed by atoms with Crippen molar-refractivity contribution in [3.8, 4) is 0 Å². The third-order valence-electron chi connectivity index (χ3n) is 5.38. The first-order chi connectivity index (χ1) is 15.3. The predicted molar refractivity (Wildman–Crippen MR) is 133 cm³/mol. The molecule has 31 heavy (non-hydrogen) atoms. The summed E-state index contributed by atoms with van der Waals surface area (Å²) in [7, 11) is 1.01. The van der Waals surface area contributed by atoms with E-state index in [1.54, 1.807) is 14.2 Å². The van der Waals surface area contributed by atoms with Crippen LogP contribution in [0.2, 0.25) is 0 Å². The van der Waals surface area contributed by atoms with Gasteiger partial charge >= 0.3 is 5.95 Å². The first kappa shape index (κ1) is 20.9. The van der Waals surface area contributed by atoms with Gasteiger partial charge in [0.2, 0.25) is 0 Å². The molecule has 0 saturated carbocycles. The Morgan fingerprint density at radius 1 is 0.484 bits per heavy atom. The van der Waals surface area contributed by atoms with E-state index in [-0.39, 0.29) is 0 Å². The fourth-order valence-electron chi connectivity index (χ4n) is 4.11. The molecule has 154 valence electrons. The van der Waals surface area contributed by atoms with Gasteiger partial charge in [0.05, 0.1) is 14.2 Å². The minimum absolute atomic E-state index is 0.538. The number of ether oxygens (including phenoxy) is 2. The van der Waals surface area contributed by atoms with Gasteiger partial charge in [-0.1, -0.05) is 84.9 Å². The van der Waals surface area contributed by atoms with E-state index in [9.17, 15) is 0 Å². The summed E-state index contributed by atoms with van der Waals surface area (Å²) in [6, 6.07) is 42.6. The maximum absolute atomic E-state index is 5.87. The minimum atomic E-state index is -2.34. The van der Waals surface area contributed by atoms with Crippen molar-refractivity contribution in [1.82, 2.24) is 0 Å². The Labute approximate surface area is 185 Å². The topological polar surface area (TPSA) is 18.5 Å². The first-order valence-electron chi connectivity index (χ1n) is 10.3. The zero-order chi connectivity index (χ0) is 21.5. The van der Waals surface area contributed by atoms with Crippen molar-refractivity contribution in [3.63, 3.8) is 0 Å². The highest BCUT2D eigenvalue weighted by Crippen LogP contribution is 2.67. The second kappa shape index (κ2) is 9.64. The van der Waals surface area contributed by atoms with Gasteiger partial charge in [-0.25, -0.2) is 0 Å². The van der Waals surface area contributed by atoms with Crippen molar-refractivity contribution >= 4 is 28.5 Å². The molecule has 0 aliphatic carbocycles. The summed E-state index contributed by atoms with van der Waals surface area (Å²) in [5.41, 5.74) is 1.09. The van der Waals surface area contributed by atoms with Gasteiger partial charge in [-0.05, 0) is 36.4 Å². The molecule has 0 N–H and O–H groups in total. The molecule has 4 aromatic carbocycles. The van der Waals surface area contributed by atoms with Gasteiger partial charge in [0, 0.05) is 5.56 Å². The number of rotatable bonds is 7. The van der Waals surface area contributed by atoms with Crippen LogP contribution in [0.3, 0.4) is 0 Å². The first-order valence-corrected chi connectivity index (χ1v) is 12.1. The highest BCUT2D eigenvalue weighted by Gasteiger charge is 2.53. The second-order valence-corrected chi connectivity index (χ2v) is 10.4. The summed E-state index contributed by atoms with van der Waals surface area (Å²) in [4.78, 5) is 0. The molecule has 0 saturated heterocycles. The quantitative estimate of drug-likeness (QED) is 0.283. The van der Waals surface area contributed by atoms with Gasteiger partial charge in [0.1, 0.15) is 15.9 Å². The monoisotopic (exact) mass is 425 g/mol. The molecule has 0 unspecified atom stereocenters. The molecule has 2 nitrogen and oxygen atoms in total. The fourth-order valence-corrected chi connectivity index (χ4v) is 8.63. The molecule has 0 amide bonds. The summed E-state index contributed by atoms with van der Waals surface area (Å²) < 4.78 is 11.7. The Morgan fingerprint density at radius 2 is 0.806 bits per heavy atom. The van der Waals surface area contributed by atoms with Crippen LogP contribution in [-0.4, -0.2) is 14.2 Å². The molecule has 4 rings (SSSR count). The minimum Gasteiger partial charge on any atom is -0.466 e. The van der Waals surface area contributed by atoms with Gasteiger partial charge in [0.15, 0.2) is 12.6 Å². The average molecular weight is 425 g/mol. The summed E-state index contributed by atoms with van der Waals surface area (Å²) >= 11 is 0. The van der Waals surface area contributed by atoms with E-state index in [2.05, 4.69) is 115 Å². The van der Waals surface area contributed by atoms with Crippen LogP contribution in [0.25, 0.3) is 5.31 Å². The van der Waals surface area contributed by atoms with Crippen LogP contribution in [0.15, 0.2) is 127 Å². The van der Waals surface area contributed by atoms with Crippen molar-refractivity contribution in [2.75, 3.05) is 14.2 Å². The number of hydrogen-bond acceptors (Lipinski definition) is 2. The lowest BCUT2D eigenvalue weighted by Gasteiger charge is -2.30. The van der Waals surface area contributed by atoms with Crippen molar-refractivity contribution in [1.29, 1.82) is 0 Å². The Kier molecular flexibility index (Phi) is 6.50. The normalized spacial score (nSPS) is 10.9. The summed E-state index contributed by atoms with van der Waals surface area (Å²) in [6.07, 6.45) is 0. The summed E-state index contributed by atoms with van der Waals surface area (Å²) in [5, 5.41) is 4.82. The van der Waals surface area contributed by atoms with E-state index in [4.69, 9.17) is 9.47 Å². The lowest BCUT2D eigenvalue weighted by molar-refractivity contribution is 0.0992. The Bertz CT molecular complexity index is 1020. The molecular weight excluding hydrogens is 399 g/mol. The molecule has 0 aromatic heterocycles. The van der Waals surface area contributed by atoms with Crippen LogP contribution in [0.1, 0.15) is 5.56 Å². The summed E-state index contributed by atoms with van der Waals surface area (Å²) in [6.45, 7) is 0. The molecular formula is C28H26O2P+. The van der Waals surface area contributed by atoms with E-state index in [1.165, 1.54) is 15.9 Å². The maximum Gasteiger partial charge on any atom is 0.325 e. The Morgan fingerprint density at radius 3 is 1.13 bits per heavy atom. The number of benzene rings is 4. The van der Waals surface area contributed by atoms with Crippen LogP contribution in [-0.2, 0) is 9.47 Å². The smallest absolute Gasteiger partial charge is 0.325 e. The molecule has 4 aromatic rings. The molecule has 0 fully saturated rings. The average Bonchev–Trinajstić information content (AvgIpc) is 2.86. The zero-order valence-electron chi connectivity index (χ0n) is 17.8. The van der Waals surface area contributed by atoms with Gasteiger partial charge < -0.3 is 9.47 Å². The van der Waals surface area contributed by atoms with Gasteiger partial charge in [-0.2, -0.15) is 0 Å². The van der Waals surface area contributed by atoms with Gasteiger partial charge in [-0.15, -0.1) is 0 Å². The van der Waals surface area contributed by atoms with Crippen molar-refractivity contribution in [3.05, 3.63) is 133 Å². The van der Waals surface area contributed by atoms with E-state index in [1.807, 2.05) is 6.07 Å².